The van der Waals surface area contributed by atoms with Gasteiger partial charge in [-0.25, -0.2) is 23.2 Å². The third-order valence-corrected chi connectivity index (χ3v) is 6.63. The molecular weight excluding hydrogens is 480 g/mol. The maximum atomic E-state index is 14.7. The van der Waals surface area contributed by atoms with E-state index in [1.807, 2.05) is 38.1 Å². The molecule has 1 N–H and O–H groups in total. The van der Waals surface area contributed by atoms with Crippen molar-refractivity contribution in [3.8, 4) is 5.69 Å². The summed E-state index contributed by atoms with van der Waals surface area (Å²) in [7, 11) is 0. The minimum absolute atomic E-state index is 0.00877. The number of aromatic nitrogens is 7. The fourth-order valence-corrected chi connectivity index (χ4v) is 4.11. The standard InChI is InChI=1S/C26H29F2N7O2/c1-4-19(3)34-25(36)35(32-31-34)22-11-8-20(9-12-22)7-5-6-18(2)26(37,15-33-17-29-16-30-33)23-13-10-21(27)14-24(23)28/h5,7-14,16-19,37H,4,6,15H2,1-3H3/b7-5+/t18-,19?,26+/m0/s1. The lowest BCUT2D eigenvalue weighted by molar-refractivity contribution is -0.0379. The molecule has 11 heteroatoms. The third-order valence-electron chi connectivity index (χ3n) is 6.63. The van der Waals surface area contributed by atoms with Crippen LogP contribution < -0.4 is 5.69 Å². The Morgan fingerprint density at radius 1 is 1.11 bits per heavy atom. The van der Waals surface area contributed by atoms with Gasteiger partial charge in [0, 0.05) is 11.6 Å². The minimum atomic E-state index is -1.66. The van der Waals surface area contributed by atoms with Crippen LogP contribution >= 0.6 is 0 Å². The van der Waals surface area contributed by atoms with Crippen LogP contribution in [0.3, 0.4) is 0 Å². The third kappa shape index (κ3) is 5.56. The van der Waals surface area contributed by atoms with E-state index in [0.29, 0.717) is 12.1 Å². The molecule has 194 valence electrons. The van der Waals surface area contributed by atoms with E-state index < -0.39 is 23.2 Å². The first kappa shape index (κ1) is 26.1. The summed E-state index contributed by atoms with van der Waals surface area (Å²) in [6.07, 6.45) is 7.67. The van der Waals surface area contributed by atoms with Crippen LogP contribution in [0.1, 0.15) is 50.8 Å². The minimum Gasteiger partial charge on any atom is -0.383 e. The van der Waals surface area contributed by atoms with Crippen LogP contribution in [-0.2, 0) is 12.1 Å². The second-order valence-electron chi connectivity index (χ2n) is 9.15. The fourth-order valence-electron chi connectivity index (χ4n) is 4.11. The molecule has 2 aromatic heterocycles. The molecule has 0 aliphatic rings. The molecule has 0 aliphatic heterocycles. The molecule has 0 aliphatic carbocycles. The number of allylic oxidation sites excluding steroid dienone is 1. The number of hydrogen-bond donors (Lipinski definition) is 1. The molecular formula is C26H29F2N7O2. The molecule has 3 atom stereocenters. The van der Waals surface area contributed by atoms with Crippen molar-refractivity contribution >= 4 is 6.08 Å². The Bertz CT molecular complexity index is 1410. The van der Waals surface area contributed by atoms with Crippen molar-refractivity contribution in [1.29, 1.82) is 0 Å². The quantitative estimate of drug-likeness (QED) is 0.348. The lowest BCUT2D eigenvalue weighted by Gasteiger charge is -2.34. The summed E-state index contributed by atoms with van der Waals surface area (Å²) in [6.45, 7) is 5.63. The Morgan fingerprint density at radius 2 is 1.86 bits per heavy atom. The molecule has 0 radical (unpaired) electrons. The lowest BCUT2D eigenvalue weighted by atomic mass is 9.80. The predicted octanol–water partition coefficient (Wildman–Crippen LogP) is 3.90. The number of nitrogens with zero attached hydrogens (tertiary/aromatic N) is 7. The van der Waals surface area contributed by atoms with Crippen LogP contribution in [0.15, 0.2) is 66.0 Å². The number of halogens is 2. The monoisotopic (exact) mass is 509 g/mol. The summed E-state index contributed by atoms with van der Waals surface area (Å²) in [6, 6.07) is 10.3. The molecule has 1 unspecified atom stereocenters. The largest absolute Gasteiger partial charge is 0.383 e. The summed E-state index contributed by atoms with van der Waals surface area (Å²) >= 11 is 0. The van der Waals surface area contributed by atoms with Gasteiger partial charge in [0.1, 0.15) is 29.9 Å². The first-order valence-electron chi connectivity index (χ1n) is 12.0. The molecule has 2 heterocycles. The van der Waals surface area contributed by atoms with Gasteiger partial charge in [0.15, 0.2) is 0 Å². The molecule has 0 bridgehead atoms. The Labute approximate surface area is 212 Å². The Morgan fingerprint density at radius 3 is 2.51 bits per heavy atom. The van der Waals surface area contributed by atoms with Crippen molar-refractivity contribution in [3.63, 3.8) is 0 Å². The number of aliphatic hydroxyl groups is 1. The molecule has 4 rings (SSSR count). The van der Waals surface area contributed by atoms with Gasteiger partial charge in [-0.2, -0.15) is 14.5 Å². The van der Waals surface area contributed by atoms with Crippen molar-refractivity contribution < 1.29 is 13.9 Å². The molecule has 2 aromatic carbocycles. The fraction of sp³-hybridized carbons (Fsp3) is 0.346. The van der Waals surface area contributed by atoms with E-state index in [0.717, 1.165) is 24.1 Å². The predicted molar refractivity (Wildman–Crippen MR) is 134 cm³/mol. The van der Waals surface area contributed by atoms with Crippen LogP contribution in [0.5, 0.6) is 0 Å². The highest BCUT2D eigenvalue weighted by Crippen LogP contribution is 2.35. The second kappa shape index (κ2) is 11.0. The number of benzene rings is 2. The highest BCUT2D eigenvalue weighted by atomic mass is 19.1. The Balaban J connectivity index is 1.51. The van der Waals surface area contributed by atoms with E-state index in [2.05, 4.69) is 20.5 Å². The van der Waals surface area contributed by atoms with Gasteiger partial charge in [-0.05, 0) is 59.9 Å². The Kier molecular flexibility index (Phi) is 7.72. The van der Waals surface area contributed by atoms with Gasteiger partial charge in [-0.3, -0.25) is 0 Å². The zero-order valence-electron chi connectivity index (χ0n) is 20.9. The smallest absolute Gasteiger partial charge is 0.368 e. The lowest BCUT2D eigenvalue weighted by Crippen LogP contribution is -2.39. The summed E-state index contributed by atoms with van der Waals surface area (Å²) in [5, 5.41) is 23.6. The van der Waals surface area contributed by atoms with E-state index in [-0.39, 0.29) is 23.8 Å². The van der Waals surface area contributed by atoms with Crippen molar-refractivity contribution in [1.82, 2.24) is 34.6 Å². The average Bonchev–Trinajstić information content (AvgIpc) is 3.53. The highest BCUT2D eigenvalue weighted by molar-refractivity contribution is 5.51. The van der Waals surface area contributed by atoms with Gasteiger partial charge in [0.2, 0.25) is 0 Å². The maximum absolute atomic E-state index is 14.7. The van der Waals surface area contributed by atoms with Crippen LogP contribution in [0.4, 0.5) is 8.78 Å². The zero-order valence-corrected chi connectivity index (χ0v) is 20.9. The van der Waals surface area contributed by atoms with Gasteiger partial charge in [-0.1, -0.05) is 44.2 Å². The van der Waals surface area contributed by atoms with Crippen molar-refractivity contribution in [2.24, 2.45) is 5.92 Å². The second-order valence-corrected chi connectivity index (χ2v) is 9.15. The topological polar surface area (TPSA) is 104 Å². The van der Waals surface area contributed by atoms with E-state index in [9.17, 15) is 18.7 Å². The van der Waals surface area contributed by atoms with E-state index >= 15 is 0 Å². The SMILES string of the molecule is CCC(C)n1nnn(-c2ccc(/C=C/C[C@H](C)[C@](O)(Cn3cncn3)c3ccc(F)cc3F)cc2)c1=O. The summed E-state index contributed by atoms with van der Waals surface area (Å²) < 4.78 is 32.3. The first-order chi connectivity index (χ1) is 17.7. The highest BCUT2D eigenvalue weighted by Gasteiger charge is 2.38. The van der Waals surface area contributed by atoms with Gasteiger partial charge in [-0.15, -0.1) is 0 Å². The summed E-state index contributed by atoms with van der Waals surface area (Å²) in [4.78, 5) is 16.5. The van der Waals surface area contributed by atoms with Gasteiger partial charge < -0.3 is 5.11 Å². The summed E-state index contributed by atoms with van der Waals surface area (Å²) in [5.74, 6) is -2.00. The zero-order chi connectivity index (χ0) is 26.6. The maximum Gasteiger partial charge on any atom is 0.368 e. The Hall–Kier alpha value is -3.99. The van der Waals surface area contributed by atoms with Crippen molar-refractivity contribution in [2.75, 3.05) is 0 Å². The molecule has 0 spiro atoms. The molecule has 4 aromatic rings. The number of rotatable bonds is 10. The van der Waals surface area contributed by atoms with Crippen LogP contribution in [0.2, 0.25) is 0 Å². The van der Waals surface area contributed by atoms with E-state index in [1.54, 1.807) is 19.1 Å². The normalized spacial score (nSPS) is 15.1. The van der Waals surface area contributed by atoms with Crippen molar-refractivity contribution in [2.45, 2.75) is 51.8 Å². The molecule has 9 nitrogen and oxygen atoms in total. The van der Waals surface area contributed by atoms with Crippen LogP contribution in [-0.4, -0.2) is 39.7 Å². The summed E-state index contributed by atoms with van der Waals surface area (Å²) in [5.41, 5.74) is -0.510. The molecule has 37 heavy (non-hydrogen) atoms. The average molecular weight is 510 g/mol. The molecule has 0 fully saturated rings. The van der Waals surface area contributed by atoms with Gasteiger partial charge in [0.25, 0.3) is 0 Å². The van der Waals surface area contributed by atoms with Gasteiger partial charge >= 0.3 is 5.69 Å². The van der Waals surface area contributed by atoms with Gasteiger partial charge in [0.05, 0.1) is 18.3 Å². The molecule has 0 saturated heterocycles. The number of hydrogen-bond acceptors (Lipinski definition) is 6. The molecule has 0 amide bonds. The first-order valence-corrected chi connectivity index (χ1v) is 12.0. The van der Waals surface area contributed by atoms with E-state index in [1.165, 1.54) is 32.8 Å². The van der Waals surface area contributed by atoms with Crippen molar-refractivity contribution in [3.05, 3.63) is 94.4 Å². The van der Waals surface area contributed by atoms with Crippen LogP contribution in [0, 0.1) is 17.6 Å². The van der Waals surface area contributed by atoms with E-state index in [4.69, 9.17) is 0 Å². The number of tetrazole rings is 1. The molecule has 0 saturated carbocycles. The van der Waals surface area contributed by atoms with Crippen LogP contribution in [0.25, 0.3) is 11.8 Å².